The number of nitrogen functional groups attached to an aromatic ring is 1. The Morgan fingerprint density at radius 3 is 2.78 bits per heavy atom. The van der Waals surface area contributed by atoms with Crippen molar-refractivity contribution in [2.45, 2.75) is 6.92 Å². The summed E-state index contributed by atoms with van der Waals surface area (Å²) in [6.07, 6.45) is 1.70. The van der Waals surface area contributed by atoms with Crippen molar-refractivity contribution in [3.05, 3.63) is 17.8 Å². The third kappa shape index (κ3) is 1.19. The normalized spacial score (nSPS) is 9.56. The van der Waals surface area contributed by atoms with Gasteiger partial charge in [-0.25, -0.2) is 4.98 Å². The van der Waals surface area contributed by atoms with Crippen LogP contribution in [0.4, 0.5) is 5.82 Å². The fourth-order valence-electron chi connectivity index (χ4n) is 0.568. The zero-order valence-corrected chi connectivity index (χ0v) is 6.41. The third-order valence-electron chi connectivity index (χ3n) is 1.28. The number of pyridine rings is 1. The van der Waals surface area contributed by atoms with Crippen LogP contribution in [0.15, 0.2) is 12.3 Å². The van der Waals surface area contributed by atoms with Gasteiger partial charge in [-0.05, 0) is 23.9 Å². The van der Waals surface area contributed by atoms with E-state index >= 15 is 0 Å². The summed E-state index contributed by atoms with van der Waals surface area (Å²) in [5.74, 6) is 0.613. The molecule has 0 bridgehead atoms. The van der Waals surface area contributed by atoms with Gasteiger partial charge in [0.1, 0.15) is 5.82 Å². The minimum absolute atomic E-state index is 0.613. The first-order valence-corrected chi connectivity index (χ1v) is 3.26. The zero-order valence-electron chi connectivity index (χ0n) is 5.26. The Morgan fingerprint density at radius 2 is 2.33 bits per heavy atom. The number of hydrogen-bond donors (Lipinski definition) is 1. The molecule has 1 atom stereocenters. The van der Waals surface area contributed by atoms with Crippen molar-refractivity contribution in [2.24, 2.45) is 0 Å². The Labute approximate surface area is 56.7 Å². The molecule has 0 radical (unpaired) electrons. The Kier molecular flexibility index (Phi) is 1.68. The number of anilines is 1. The summed E-state index contributed by atoms with van der Waals surface area (Å²) in [7, 11) is 2.60. The molecule has 3 heteroatoms. The molecule has 9 heavy (non-hydrogen) atoms. The first-order chi connectivity index (χ1) is 4.22. The molecule has 0 saturated heterocycles. The molecule has 1 aromatic heterocycles. The van der Waals surface area contributed by atoms with Gasteiger partial charge in [0.25, 0.3) is 0 Å². The molecule has 2 N–H and O–H groups in total. The van der Waals surface area contributed by atoms with Gasteiger partial charge in [0.2, 0.25) is 0 Å². The molecule has 2 nitrogen and oxygen atoms in total. The predicted octanol–water partition coefficient (Wildman–Crippen LogP) is 0.473. The minimum atomic E-state index is 0.613. The quantitative estimate of drug-likeness (QED) is 0.532. The number of aromatic nitrogens is 1. The number of nitrogens with two attached hydrogens (primary N) is 1. The second-order valence-electron chi connectivity index (χ2n) is 1.91. The van der Waals surface area contributed by atoms with Gasteiger partial charge in [-0.15, -0.1) is 9.24 Å². The van der Waals surface area contributed by atoms with Gasteiger partial charge >= 0.3 is 0 Å². The Balaban J connectivity index is 3.25. The van der Waals surface area contributed by atoms with Crippen molar-refractivity contribution in [1.82, 2.24) is 4.98 Å². The molecule has 0 amide bonds. The van der Waals surface area contributed by atoms with Crippen LogP contribution in [-0.4, -0.2) is 4.98 Å². The molecule has 0 aliphatic rings. The maximum absolute atomic E-state index is 5.50. The molecule has 0 aromatic carbocycles. The van der Waals surface area contributed by atoms with Crippen LogP contribution in [0.25, 0.3) is 0 Å². The first kappa shape index (κ1) is 6.50. The fourth-order valence-corrected chi connectivity index (χ4v) is 0.802. The summed E-state index contributed by atoms with van der Waals surface area (Å²) in [6.45, 7) is 1.95. The average Bonchev–Trinajstić information content (AvgIpc) is 1.83. The summed E-state index contributed by atoms with van der Waals surface area (Å²) in [5, 5.41) is 1.11. The van der Waals surface area contributed by atoms with E-state index in [1.54, 1.807) is 6.20 Å². The van der Waals surface area contributed by atoms with Crippen LogP contribution in [0, 0.1) is 6.92 Å². The largest absolute Gasteiger partial charge is 0.383 e. The highest BCUT2D eigenvalue weighted by atomic mass is 31.0. The van der Waals surface area contributed by atoms with Gasteiger partial charge in [-0.3, -0.25) is 0 Å². The van der Waals surface area contributed by atoms with E-state index in [2.05, 4.69) is 14.2 Å². The molecule has 0 spiro atoms. The van der Waals surface area contributed by atoms with Crippen molar-refractivity contribution in [3.8, 4) is 0 Å². The van der Waals surface area contributed by atoms with E-state index in [1.807, 2.05) is 13.0 Å². The Bertz CT molecular complexity index is 202. The topological polar surface area (TPSA) is 38.9 Å². The lowest BCUT2D eigenvalue weighted by molar-refractivity contribution is 1.30. The summed E-state index contributed by atoms with van der Waals surface area (Å²) >= 11 is 0. The van der Waals surface area contributed by atoms with E-state index in [0.717, 1.165) is 10.9 Å². The number of hydrogen-bond acceptors (Lipinski definition) is 2. The molecule has 48 valence electrons. The van der Waals surface area contributed by atoms with Gasteiger partial charge in [0.15, 0.2) is 0 Å². The lowest BCUT2D eigenvalue weighted by Crippen LogP contribution is -2.03. The molecule has 1 heterocycles. The van der Waals surface area contributed by atoms with Crippen LogP contribution in [0.5, 0.6) is 0 Å². The van der Waals surface area contributed by atoms with Gasteiger partial charge in [0.05, 0.1) is 0 Å². The molecule has 0 aliphatic heterocycles. The molecule has 0 aliphatic carbocycles. The minimum Gasteiger partial charge on any atom is -0.383 e. The van der Waals surface area contributed by atoms with E-state index in [9.17, 15) is 0 Å². The van der Waals surface area contributed by atoms with Crippen molar-refractivity contribution in [3.63, 3.8) is 0 Å². The van der Waals surface area contributed by atoms with Crippen molar-refractivity contribution in [2.75, 3.05) is 5.73 Å². The van der Waals surface area contributed by atoms with E-state index < -0.39 is 0 Å². The lowest BCUT2D eigenvalue weighted by atomic mass is 10.3. The maximum Gasteiger partial charge on any atom is 0.126 e. The molecular weight excluding hydrogens is 131 g/mol. The maximum atomic E-state index is 5.50. The summed E-state index contributed by atoms with van der Waals surface area (Å²) in [5.41, 5.74) is 6.54. The van der Waals surface area contributed by atoms with Crippen LogP contribution in [0.1, 0.15) is 5.56 Å². The molecular formula is C6H9N2P. The Morgan fingerprint density at radius 1 is 1.67 bits per heavy atom. The van der Waals surface area contributed by atoms with E-state index in [4.69, 9.17) is 5.73 Å². The van der Waals surface area contributed by atoms with Gasteiger partial charge in [0, 0.05) is 6.20 Å². The van der Waals surface area contributed by atoms with Crippen LogP contribution >= 0.6 is 9.24 Å². The standard InChI is InChI=1S/C6H9N2P/c1-4-5(9)2-3-8-6(4)7/h2-3H,9H2,1H3,(H2,7,8). The first-order valence-electron chi connectivity index (χ1n) is 2.68. The predicted molar refractivity (Wildman–Crippen MR) is 42.7 cm³/mol. The second kappa shape index (κ2) is 2.32. The van der Waals surface area contributed by atoms with E-state index in [0.29, 0.717) is 5.82 Å². The Hall–Kier alpha value is -0.620. The summed E-state index contributed by atoms with van der Waals surface area (Å²) in [4.78, 5) is 3.90. The third-order valence-corrected chi connectivity index (χ3v) is 1.91. The molecule has 0 saturated carbocycles. The van der Waals surface area contributed by atoms with Crippen LogP contribution < -0.4 is 11.0 Å². The second-order valence-corrected chi connectivity index (χ2v) is 2.53. The van der Waals surface area contributed by atoms with Crippen molar-refractivity contribution >= 4 is 20.4 Å². The monoisotopic (exact) mass is 140 g/mol. The van der Waals surface area contributed by atoms with Crippen LogP contribution in [-0.2, 0) is 0 Å². The van der Waals surface area contributed by atoms with E-state index in [-0.39, 0.29) is 0 Å². The lowest BCUT2D eigenvalue weighted by Gasteiger charge is -1.99. The average molecular weight is 140 g/mol. The van der Waals surface area contributed by atoms with Gasteiger partial charge < -0.3 is 5.73 Å². The van der Waals surface area contributed by atoms with Gasteiger partial charge in [-0.2, -0.15) is 0 Å². The summed E-state index contributed by atoms with van der Waals surface area (Å²) < 4.78 is 0. The van der Waals surface area contributed by atoms with Crippen LogP contribution in [0.2, 0.25) is 0 Å². The summed E-state index contributed by atoms with van der Waals surface area (Å²) in [6, 6.07) is 1.91. The molecule has 1 rings (SSSR count). The smallest absolute Gasteiger partial charge is 0.126 e. The fraction of sp³-hybridized carbons (Fsp3) is 0.167. The van der Waals surface area contributed by atoms with Crippen LogP contribution in [0.3, 0.4) is 0 Å². The van der Waals surface area contributed by atoms with Gasteiger partial charge in [-0.1, -0.05) is 0 Å². The molecule has 0 fully saturated rings. The SMILES string of the molecule is Cc1c(P)ccnc1N. The molecule has 1 unspecified atom stereocenters. The highest BCUT2D eigenvalue weighted by Crippen LogP contribution is 2.04. The number of nitrogens with zero attached hydrogens (tertiary/aromatic N) is 1. The zero-order chi connectivity index (χ0) is 6.85. The highest BCUT2D eigenvalue weighted by Gasteiger charge is 1.94. The van der Waals surface area contributed by atoms with E-state index in [1.165, 1.54) is 0 Å². The van der Waals surface area contributed by atoms with Crippen molar-refractivity contribution < 1.29 is 0 Å². The van der Waals surface area contributed by atoms with Crippen molar-refractivity contribution in [1.29, 1.82) is 0 Å². The number of rotatable bonds is 0. The molecule has 1 aromatic rings. The highest BCUT2D eigenvalue weighted by molar-refractivity contribution is 7.27.